The van der Waals surface area contributed by atoms with Gasteiger partial charge in [-0.15, -0.1) is 0 Å². The zero-order valence-electron chi connectivity index (χ0n) is 35.1. The second-order valence-electron chi connectivity index (χ2n) is 15.6. The molecule has 0 unspecified atom stereocenters. The Bertz CT molecular complexity index is 876. The van der Waals surface area contributed by atoms with E-state index in [1.54, 1.807) is 0 Å². The van der Waals surface area contributed by atoms with E-state index in [2.05, 4.69) is 48.2 Å². The van der Waals surface area contributed by atoms with E-state index in [4.69, 9.17) is 0 Å². The SMILES string of the molecule is CCCCCCCCCCCCCCCCNC(=O)CCCC#CC#CCCCCCCCC(=O)NCCCCCCCCCCCCCCCC. The fourth-order valence-electron chi connectivity index (χ4n) is 6.85. The maximum atomic E-state index is 12.1. The van der Waals surface area contributed by atoms with Gasteiger partial charge in [0.1, 0.15) is 0 Å². The average Bonchev–Trinajstić information content (AvgIpc) is 3.14. The van der Waals surface area contributed by atoms with Crippen molar-refractivity contribution in [1.82, 2.24) is 10.6 Å². The van der Waals surface area contributed by atoms with E-state index in [1.807, 2.05) is 0 Å². The lowest BCUT2D eigenvalue weighted by molar-refractivity contribution is -0.122. The van der Waals surface area contributed by atoms with Crippen molar-refractivity contribution in [2.24, 2.45) is 0 Å². The molecule has 302 valence electrons. The molecule has 0 aliphatic heterocycles. The molecule has 0 spiro atoms. The summed E-state index contributed by atoms with van der Waals surface area (Å²) in [6.07, 6.45) is 47.3. The van der Waals surface area contributed by atoms with Crippen LogP contribution in [-0.2, 0) is 9.59 Å². The van der Waals surface area contributed by atoms with E-state index in [1.165, 1.54) is 173 Å². The first-order valence-electron chi connectivity index (χ1n) is 23.2. The standard InChI is InChI=1S/C48H88N2O2/c1-3-5-7-9-11-13-15-17-21-25-29-33-37-41-45-49-47(51)43-39-35-31-27-23-19-20-24-28-32-36-40-44-48(52)50-46-42-38-34-30-26-22-18-16-14-12-10-8-6-4-2/h3-19,21-23,25-27,29-31,33-46H2,1-2H3,(H,49,51)(H,50,52). The zero-order valence-corrected chi connectivity index (χ0v) is 35.1. The summed E-state index contributed by atoms with van der Waals surface area (Å²) in [5.74, 6) is 12.5. The number of hydrogen-bond acceptors (Lipinski definition) is 2. The Morgan fingerprint density at radius 2 is 0.596 bits per heavy atom. The van der Waals surface area contributed by atoms with Gasteiger partial charge in [-0.2, -0.15) is 0 Å². The number of hydrogen-bond donors (Lipinski definition) is 2. The Labute approximate surface area is 325 Å². The Hall–Kier alpha value is -1.94. The number of rotatable bonds is 40. The van der Waals surface area contributed by atoms with Crippen LogP contribution >= 0.6 is 0 Å². The summed E-state index contributed by atoms with van der Waals surface area (Å²) in [6, 6.07) is 0. The van der Waals surface area contributed by atoms with Crippen LogP contribution in [0, 0.1) is 23.7 Å². The molecule has 0 bridgehead atoms. The third kappa shape index (κ3) is 44.2. The van der Waals surface area contributed by atoms with Gasteiger partial charge in [0.15, 0.2) is 0 Å². The van der Waals surface area contributed by atoms with Crippen LogP contribution < -0.4 is 10.6 Å². The molecule has 0 aromatic carbocycles. The van der Waals surface area contributed by atoms with Gasteiger partial charge in [0.05, 0.1) is 0 Å². The summed E-state index contributed by atoms with van der Waals surface area (Å²) in [7, 11) is 0. The fraction of sp³-hybridized carbons (Fsp3) is 0.875. The van der Waals surface area contributed by atoms with Crippen LogP contribution in [0.15, 0.2) is 0 Å². The summed E-state index contributed by atoms with van der Waals surface area (Å²) in [5.41, 5.74) is 0. The summed E-state index contributed by atoms with van der Waals surface area (Å²) >= 11 is 0. The van der Waals surface area contributed by atoms with Gasteiger partial charge in [-0.25, -0.2) is 0 Å². The third-order valence-electron chi connectivity index (χ3n) is 10.4. The number of carbonyl (C=O) groups is 2. The molecule has 0 saturated heterocycles. The first-order chi connectivity index (χ1) is 25.7. The van der Waals surface area contributed by atoms with Gasteiger partial charge in [0, 0.05) is 38.8 Å². The van der Waals surface area contributed by atoms with Gasteiger partial charge in [0.25, 0.3) is 0 Å². The molecule has 0 aliphatic carbocycles. The molecular weight excluding hydrogens is 637 g/mol. The lowest BCUT2D eigenvalue weighted by atomic mass is 10.0. The topological polar surface area (TPSA) is 58.2 Å². The van der Waals surface area contributed by atoms with Crippen molar-refractivity contribution in [1.29, 1.82) is 0 Å². The predicted molar refractivity (Wildman–Crippen MR) is 228 cm³/mol. The summed E-state index contributed by atoms with van der Waals surface area (Å²) < 4.78 is 0. The van der Waals surface area contributed by atoms with Crippen LogP contribution in [0.2, 0.25) is 0 Å². The summed E-state index contributed by atoms with van der Waals surface area (Å²) in [5, 5.41) is 6.18. The largest absolute Gasteiger partial charge is 0.356 e. The van der Waals surface area contributed by atoms with Crippen LogP contribution in [0.25, 0.3) is 0 Å². The van der Waals surface area contributed by atoms with Gasteiger partial charge in [0.2, 0.25) is 11.8 Å². The smallest absolute Gasteiger partial charge is 0.220 e. The first kappa shape index (κ1) is 50.1. The Morgan fingerprint density at radius 1 is 0.327 bits per heavy atom. The van der Waals surface area contributed by atoms with E-state index >= 15 is 0 Å². The third-order valence-corrected chi connectivity index (χ3v) is 10.4. The number of nitrogens with one attached hydrogen (secondary N) is 2. The normalized spacial score (nSPS) is 10.7. The van der Waals surface area contributed by atoms with Crippen LogP contribution in [0.4, 0.5) is 0 Å². The number of unbranched alkanes of at least 4 members (excludes halogenated alkanes) is 32. The highest BCUT2D eigenvalue weighted by atomic mass is 16.2. The second kappa shape index (κ2) is 45.2. The van der Waals surface area contributed by atoms with Crippen LogP contribution in [0.5, 0.6) is 0 Å². The van der Waals surface area contributed by atoms with Crippen molar-refractivity contribution in [3.8, 4) is 23.7 Å². The minimum atomic E-state index is 0.156. The van der Waals surface area contributed by atoms with E-state index in [9.17, 15) is 9.59 Å². The Kier molecular flexibility index (Phi) is 43.5. The lowest BCUT2D eigenvalue weighted by Gasteiger charge is -2.06. The van der Waals surface area contributed by atoms with Gasteiger partial charge in [-0.05, 0) is 43.9 Å². The number of carbonyl (C=O) groups excluding carboxylic acids is 2. The van der Waals surface area contributed by atoms with E-state index in [0.29, 0.717) is 12.8 Å². The summed E-state index contributed by atoms with van der Waals surface area (Å²) in [6.45, 7) is 6.21. The Morgan fingerprint density at radius 3 is 0.962 bits per heavy atom. The lowest BCUT2D eigenvalue weighted by Crippen LogP contribution is -2.23. The van der Waals surface area contributed by atoms with Crippen molar-refractivity contribution < 1.29 is 9.59 Å². The molecule has 0 rings (SSSR count). The Balaban J connectivity index is 3.36. The molecule has 0 aliphatic rings. The molecule has 0 heterocycles. The van der Waals surface area contributed by atoms with Crippen molar-refractivity contribution >= 4 is 11.8 Å². The predicted octanol–water partition coefficient (Wildman–Crippen LogP) is 14.1. The maximum Gasteiger partial charge on any atom is 0.220 e. The molecule has 4 heteroatoms. The first-order valence-corrected chi connectivity index (χ1v) is 23.2. The monoisotopic (exact) mass is 725 g/mol. The molecule has 0 aromatic heterocycles. The van der Waals surface area contributed by atoms with Crippen LogP contribution in [0.1, 0.15) is 258 Å². The quantitative estimate of drug-likeness (QED) is 0.0488. The van der Waals surface area contributed by atoms with Gasteiger partial charge in [-0.3, -0.25) is 9.59 Å². The molecule has 0 fully saturated rings. The van der Waals surface area contributed by atoms with Crippen molar-refractivity contribution in [3.63, 3.8) is 0 Å². The molecule has 0 atom stereocenters. The molecule has 0 saturated carbocycles. The number of amides is 2. The van der Waals surface area contributed by atoms with Crippen LogP contribution in [0.3, 0.4) is 0 Å². The molecule has 0 radical (unpaired) electrons. The van der Waals surface area contributed by atoms with Crippen molar-refractivity contribution in [2.75, 3.05) is 13.1 Å². The molecular formula is C48H88N2O2. The minimum absolute atomic E-state index is 0.156. The van der Waals surface area contributed by atoms with Crippen LogP contribution in [-0.4, -0.2) is 24.9 Å². The van der Waals surface area contributed by atoms with Crippen molar-refractivity contribution in [2.45, 2.75) is 258 Å². The van der Waals surface area contributed by atoms with Gasteiger partial charge >= 0.3 is 0 Å². The molecule has 2 amide bonds. The highest BCUT2D eigenvalue weighted by molar-refractivity contribution is 5.76. The van der Waals surface area contributed by atoms with E-state index < -0.39 is 0 Å². The highest BCUT2D eigenvalue weighted by Gasteiger charge is 2.02. The zero-order chi connectivity index (χ0) is 37.7. The van der Waals surface area contributed by atoms with Gasteiger partial charge < -0.3 is 10.6 Å². The molecule has 52 heavy (non-hydrogen) atoms. The van der Waals surface area contributed by atoms with Crippen molar-refractivity contribution in [3.05, 3.63) is 0 Å². The average molecular weight is 725 g/mol. The molecule has 2 N–H and O–H groups in total. The minimum Gasteiger partial charge on any atom is -0.356 e. The van der Waals surface area contributed by atoms with Gasteiger partial charge in [-0.1, -0.05) is 212 Å². The van der Waals surface area contributed by atoms with E-state index in [-0.39, 0.29) is 11.8 Å². The second-order valence-corrected chi connectivity index (χ2v) is 15.6. The van der Waals surface area contributed by atoms with E-state index in [0.717, 1.165) is 70.9 Å². The fourth-order valence-corrected chi connectivity index (χ4v) is 6.85. The summed E-state index contributed by atoms with van der Waals surface area (Å²) in [4.78, 5) is 24.1. The molecule has 0 aromatic rings. The molecule has 4 nitrogen and oxygen atoms in total. The maximum absolute atomic E-state index is 12.1. The highest BCUT2D eigenvalue weighted by Crippen LogP contribution is 2.14.